The van der Waals surface area contributed by atoms with Gasteiger partial charge in [0.1, 0.15) is 16.7 Å². The van der Waals surface area contributed by atoms with Crippen molar-refractivity contribution in [3.05, 3.63) is 35.3 Å². The van der Waals surface area contributed by atoms with Gasteiger partial charge >= 0.3 is 6.18 Å². The van der Waals surface area contributed by atoms with Crippen molar-refractivity contribution in [2.75, 3.05) is 11.6 Å². The van der Waals surface area contributed by atoms with Gasteiger partial charge in [0, 0.05) is 31.3 Å². The smallest absolute Gasteiger partial charge is 0.321 e. The predicted molar refractivity (Wildman–Crippen MR) is 110 cm³/mol. The summed E-state index contributed by atoms with van der Waals surface area (Å²) < 4.78 is 70.6. The van der Waals surface area contributed by atoms with E-state index in [1.54, 1.807) is 6.26 Å². The Bertz CT molecular complexity index is 1140. The molecule has 1 N–H and O–H groups in total. The Kier molecular flexibility index (Phi) is 5.47. The molecule has 1 amide bonds. The fourth-order valence-electron chi connectivity index (χ4n) is 4.40. The van der Waals surface area contributed by atoms with Crippen LogP contribution in [0.15, 0.2) is 23.4 Å². The third-order valence-corrected chi connectivity index (χ3v) is 6.61. The lowest BCUT2D eigenvalue weighted by atomic mass is 9.67. The molecule has 2 aromatic heterocycles. The summed E-state index contributed by atoms with van der Waals surface area (Å²) in [6.45, 7) is 1.22. The highest BCUT2D eigenvalue weighted by atomic mass is 32.2. The number of nitrogens with one attached hydrogen (secondary N) is 1. The van der Waals surface area contributed by atoms with E-state index in [1.807, 2.05) is 6.07 Å². The van der Waals surface area contributed by atoms with Gasteiger partial charge in [0.15, 0.2) is 0 Å². The van der Waals surface area contributed by atoms with Crippen molar-refractivity contribution in [3.63, 3.8) is 0 Å². The topological polar surface area (TPSA) is 83.6 Å². The van der Waals surface area contributed by atoms with Gasteiger partial charge in [0.2, 0.25) is 5.92 Å². The summed E-state index contributed by atoms with van der Waals surface area (Å²) >= 11 is 1.29. The van der Waals surface area contributed by atoms with Crippen LogP contribution in [0.3, 0.4) is 0 Å². The first-order valence-corrected chi connectivity index (χ1v) is 11.3. The number of aromatic nitrogens is 3. The summed E-state index contributed by atoms with van der Waals surface area (Å²) in [7, 11) is 0. The van der Waals surface area contributed by atoms with E-state index in [2.05, 4.69) is 15.4 Å². The molecule has 2 fully saturated rings. The molecule has 0 radical (unpaired) electrons. The normalized spacial score (nSPS) is 19.9. The molecule has 0 aliphatic heterocycles. The van der Waals surface area contributed by atoms with Gasteiger partial charge in [-0.2, -0.15) is 23.5 Å². The van der Waals surface area contributed by atoms with Gasteiger partial charge in [0.25, 0.3) is 5.91 Å². The van der Waals surface area contributed by atoms with Crippen LogP contribution in [-0.2, 0) is 18.1 Å². The van der Waals surface area contributed by atoms with Crippen LogP contribution >= 0.6 is 11.8 Å². The van der Waals surface area contributed by atoms with Gasteiger partial charge in [-0.25, -0.2) is 13.8 Å². The number of nitrogens with zero attached hydrogens (tertiary/aromatic N) is 4. The number of carbonyl (C=O) groups excluding carboxylic acids is 1. The fraction of sp³-hybridized carbons (Fsp3) is 0.524. The van der Waals surface area contributed by atoms with Crippen molar-refractivity contribution >= 4 is 23.4 Å². The van der Waals surface area contributed by atoms with E-state index in [4.69, 9.17) is 0 Å². The first-order chi connectivity index (χ1) is 15.3. The molecule has 2 aliphatic rings. The number of alkyl halides is 5. The van der Waals surface area contributed by atoms with Gasteiger partial charge in [-0.3, -0.25) is 9.48 Å². The number of nitriles is 1. The quantitative estimate of drug-likeness (QED) is 0.446. The molecule has 4 rings (SSSR count). The SMILES string of the molecule is CSc1cc(NC(=O)c2c(C(F)(F)F)c(C3(C#N)CC3)nn2CC2(C)CC(F)(F)C2)ccn1. The highest BCUT2D eigenvalue weighted by Crippen LogP contribution is 2.54. The third kappa shape index (κ3) is 4.43. The molecule has 33 heavy (non-hydrogen) atoms. The molecule has 0 spiro atoms. The lowest BCUT2D eigenvalue weighted by Gasteiger charge is -2.44. The standard InChI is InChI=1S/C21H20F5N5OS/c1-18(8-20(22,23)9-18)11-31-15(17(32)29-12-3-6-28-13(7-12)33-2)14(21(24,25)26)16(30-31)19(10-27)4-5-19/h3,6-7H,4-5,8-9,11H2,1-2H3,(H,28,29,32). The van der Waals surface area contributed by atoms with Crippen LogP contribution in [0.4, 0.5) is 27.6 Å². The Hall–Kier alpha value is -2.68. The van der Waals surface area contributed by atoms with Crippen molar-refractivity contribution in [1.82, 2.24) is 14.8 Å². The highest BCUT2D eigenvalue weighted by molar-refractivity contribution is 7.98. The second-order valence-electron chi connectivity index (χ2n) is 8.98. The number of hydrogen-bond acceptors (Lipinski definition) is 5. The summed E-state index contributed by atoms with van der Waals surface area (Å²) in [4.78, 5) is 17.2. The Balaban J connectivity index is 1.80. The lowest BCUT2D eigenvalue weighted by molar-refractivity contribution is -0.160. The van der Waals surface area contributed by atoms with Crippen LogP contribution < -0.4 is 5.32 Å². The first kappa shape index (κ1) is 23.5. The number of amides is 1. The summed E-state index contributed by atoms with van der Waals surface area (Å²) in [6.07, 6.45) is -2.50. The molecule has 0 bridgehead atoms. The Morgan fingerprint density at radius 1 is 1.33 bits per heavy atom. The zero-order valence-corrected chi connectivity index (χ0v) is 18.6. The molecule has 176 valence electrons. The minimum atomic E-state index is -4.97. The molecule has 6 nitrogen and oxygen atoms in total. The number of anilines is 1. The third-order valence-electron chi connectivity index (χ3n) is 5.97. The van der Waals surface area contributed by atoms with Crippen molar-refractivity contribution in [2.45, 2.75) is 61.7 Å². The maximum absolute atomic E-state index is 14.2. The minimum absolute atomic E-state index is 0.182. The summed E-state index contributed by atoms with van der Waals surface area (Å²) in [5.74, 6) is -3.99. The van der Waals surface area contributed by atoms with E-state index in [0.717, 1.165) is 4.68 Å². The molecule has 2 saturated carbocycles. The van der Waals surface area contributed by atoms with E-state index >= 15 is 0 Å². The van der Waals surface area contributed by atoms with Crippen LogP contribution in [0.25, 0.3) is 0 Å². The minimum Gasteiger partial charge on any atom is -0.321 e. The Labute approximate surface area is 190 Å². The lowest BCUT2D eigenvalue weighted by Crippen LogP contribution is -2.47. The van der Waals surface area contributed by atoms with Crippen molar-refractivity contribution in [2.24, 2.45) is 5.41 Å². The average Bonchev–Trinajstić information content (AvgIpc) is 3.39. The van der Waals surface area contributed by atoms with Crippen molar-refractivity contribution < 1.29 is 26.7 Å². The molecule has 2 aliphatic carbocycles. The monoisotopic (exact) mass is 485 g/mol. The van der Waals surface area contributed by atoms with E-state index in [9.17, 15) is 32.0 Å². The zero-order valence-electron chi connectivity index (χ0n) is 17.8. The zero-order chi connectivity index (χ0) is 24.2. The number of halogens is 5. The van der Waals surface area contributed by atoms with Crippen LogP contribution in [0, 0.1) is 16.7 Å². The molecule has 2 heterocycles. The molecule has 0 atom stereocenters. The number of carbonyl (C=O) groups is 1. The van der Waals surface area contributed by atoms with E-state index in [1.165, 1.54) is 37.0 Å². The Morgan fingerprint density at radius 2 is 2.00 bits per heavy atom. The number of pyridine rings is 1. The van der Waals surface area contributed by atoms with Gasteiger partial charge in [-0.05, 0) is 36.6 Å². The maximum atomic E-state index is 14.2. The van der Waals surface area contributed by atoms with Gasteiger partial charge in [-0.15, -0.1) is 11.8 Å². The van der Waals surface area contributed by atoms with Crippen LogP contribution in [0.2, 0.25) is 0 Å². The summed E-state index contributed by atoms with van der Waals surface area (Å²) in [5.41, 5.74) is -4.82. The number of hydrogen-bond donors (Lipinski definition) is 1. The van der Waals surface area contributed by atoms with Gasteiger partial charge < -0.3 is 5.32 Å². The summed E-state index contributed by atoms with van der Waals surface area (Å²) in [5, 5.41) is 16.5. The molecule has 0 aromatic carbocycles. The number of rotatable bonds is 6. The van der Waals surface area contributed by atoms with E-state index in [0.29, 0.717) is 5.03 Å². The van der Waals surface area contributed by atoms with Crippen LogP contribution in [0.1, 0.15) is 54.4 Å². The Morgan fingerprint density at radius 3 is 2.52 bits per heavy atom. The van der Waals surface area contributed by atoms with Crippen LogP contribution in [0.5, 0.6) is 0 Å². The first-order valence-electron chi connectivity index (χ1n) is 10.1. The van der Waals surface area contributed by atoms with E-state index in [-0.39, 0.29) is 25.1 Å². The molecule has 0 saturated heterocycles. The second-order valence-corrected chi connectivity index (χ2v) is 9.81. The molecule has 2 aromatic rings. The molecule has 0 unspecified atom stereocenters. The highest BCUT2D eigenvalue weighted by Gasteiger charge is 2.57. The van der Waals surface area contributed by atoms with Gasteiger partial charge in [-0.1, -0.05) is 6.92 Å². The molecular formula is C21H20F5N5OS. The average molecular weight is 485 g/mol. The fourth-order valence-corrected chi connectivity index (χ4v) is 4.81. The second kappa shape index (κ2) is 7.68. The van der Waals surface area contributed by atoms with Crippen molar-refractivity contribution in [1.29, 1.82) is 5.26 Å². The van der Waals surface area contributed by atoms with Gasteiger partial charge in [0.05, 0.1) is 16.8 Å². The van der Waals surface area contributed by atoms with Crippen LogP contribution in [-0.4, -0.2) is 32.8 Å². The van der Waals surface area contributed by atoms with Crippen molar-refractivity contribution in [3.8, 4) is 6.07 Å². The maximum Gasteiger partial charge on any atom is 0.420 e. The number of thioether (sulfide) groups is 1. The largest absolute Gasteiger partial charge is 0.420 e. The summed E-state index contributed by atoms with van der Waals surface area (Å²) in [6, 6.07) is 4.82. The molecular weight excluding hydrogens is 465 g/mol. The molecule has 12 heteroatoms. The van der Waals surface area contributed by atoms with E-state index < -0.39 is 58.6 Å². The predicted octanol–water partition coefficient (Wildman–Crippen LogP) is 5.26.